The lowest BCUT2D eigenvalue weighted by Crippen LogP contribution is -2.38. The van der Waals surface area contributed by atoms with Gasteiger partial charge in [0, 0.05) is 0 Å². The molecule has 2 N–H and O–H groups in total. The van der Waals surface area contributed by atoms with Crippen LogP contribution in [0.3, 0.4) is 0 Å². The summed E-state index contributed by atoms with van der Waals surface area (Å²) < 4.78 is 0. The first-order valence-electron chi connectivity index (χ1n) is 6.44. The van der Waals surface area contributed by atoms with Gasteiger partial charge < -0.3 is 10.1 Å². The smallest absolute Gasteiger partial charge is 0.320 e. The largest absolute Gasteiger partial charge is 0.480 e. The number of aromatic nitrogens is 2. The Morgan fingerprint density at radius 2 is 2.15 bits per heavy atom. The monoisotopic (exact) mass is 275 g/mol. The zero-order chi connectivity index (χ0) is 14.7. The lowest BCUT2D eigenvalue weighted by molar-refractivity contribution is -0.143. The highest BCUT2D eigenvalue weighted by atomic mass is 16.4. The average Bonchev–Trinajstić information content (AvgIpc) is 2.39. The van der Waals surface area contributed by atoms with Crippen LogP contribution < -0.4 is 5.56 Å². The van der Waals surface area contributed by atoms with E-state index in [1.54, 1.807) is 30.1 Å². The topological polar surface area (TPSA) is 86.3 Å². The Morgan fingerprint density at radius 1 is 1.45 bits per heavy atom. The number of fused-ring (bicyclic) bond motifs is 1. The summed E-state index contributed by atoms with van der Waals surface area (Å²) in [5, 5.41) is 9.65. The molecule has 0 saturated heterocycles. The lowest BCUT2D eigenvalue weighted by Gasteiger charge is -2.22. The number of nitrogens with zero attached hydrogens (tertiary/aromatic N) is 2. The fourth-order valence-corrected chi connectivity index (χ4v) is 2.23. The second-order valence-electron chi connectivity index (χ2n) is 4.71. The van der Waals surface area contributed by atoms with Crippen LogP contribution in [-0.2, 0) is 11.3 Å². The third-order valence-electron chi connectivity index (χ3n) is 3.26. The number of para-hydroxylation sites is 1. The normalized spacial score (nSPS) is 12.8. The quantitative estimate of drug-likeness (QED) is 0.856. The molecule has 1 atom stereocenters. The van der Waals surface area contributed by atoms with Crippen LogP contribution in [0, 0.1) is 0 Å². The van der Waals surface area contributed by atoms with E-state index in [1.165, 1.54) is 0 Å². The molecule has 0 amide bonds. The molecule has 20 heavy (non-hydrogen) atoms. The van der Waals surface area contributed by atoms with Crippen LogP contribution in [0.25, 0.3) is 10.9 Å². The fraction of sp³-hybridized carbons (Fsp3) is 0.357. The van der Waals surface area contributed by atoms with Crippen LogP contribution >= 0.6 is 0 Å². The van der Waals surface area contributed by atoms with E-state index in [0.29, 0.717) is 23.1 Å². The molecule has 0 fully saturated rings. The minimum atomic E-state index is -0.877. The standard InChI is InChI=1S/C14H17N3O3/c1-3-11(14(19)20)17(2)8-12-15-10-7-5-4-6-9(10)13(18)16-12/h4-7,11H,3,8H2,1-2H3,(H,19,20)(H,15,16,18). The van der Waals surface area contributed by atoms with E-state index in [9.17, 15) is 9.59 Å². The second kappa shape index (κ2) is 5.83. The number of hydrogen-bond donors (Lipinski definition) is 2. The van der Waals surface area contributed by atoms with Gasteiger partial charge in [-0.1, -0.05) is 19.1 Å². The van der Waals surface area contributed by atoms with Gasteiger partial charge in [0.15, 0.2) is 0 Å². The molecule has 1 heterocycles. The predicted molar refractivity (Wildman–Crippen MR) is 75.5 cm³/mol. The van der Waals surface area contributed by atoms with Gasteiger partial charge >= 0.3 is 5.97 Å². The summed E-state index contributed by atoms with van der Waals surface area (Å²) in [6.45, 7) is 2.09. The summed E-state index contributed by atoms with van der Waals surface area (Å²) in [5.74, 6) is -0.408. The van der Waals surface area contributed by atoms with Crippen molar-refractivity contribution in [3.8, 4) is 0 Å². The van der Waals surface area contributed by atoms with Gasteiger partial charge in [-0.3, -0.25) is 14.5 Å². The van der Waals surface area contributed by atoms with Crippen molar-refractivity contribution in [3.63, 3.8) is 0 Å². The zero-order valence-electron chi connectivity index (χ0n) is 11.5. The molecular weight excluding hydrogens is 258 g/mol. The van der Waals surface area contributed by atoms with Crippen molar-refractivity contribution in [1.29, 1.82) is 0 Å². The van der Waals surface area contributed by atoms with E-state index < -0.39 is 12.0 Å². The number of H-pyrrole nitrogens is 1. The summed E-state index contributed by atoms with van der Waals surface area (Å²) in [7, 11) is 1.71. The van der Waals surface area contributed by atoms with Crippen LogP contribution in [0.2, 0.25) is 0 Å². The van der Waals surface area contributed by atoms with Crippen LogP contribution in [0.15, 0.2) is 29.1 Å². The number of aliphatic carboxylic acids is 1. The van der Waals surface area contributed by atoms with E-state index in [-0.39, 0.29) is 12.1 Å². The van der Waals surface area contributed by atoms with Crippen LogP contribution in [-0.4, -0.2) is 39.0 Å². The predicted octanol–water partition coefficient (Wildman–Crippen LogP) is 1.22. The van der Waals surface area contributed by atoms with Crippen molar-refractivity contribution in [2.75, 3.05) is 7.05 Å². The maximum Gasteiger partial charge on any atom is 0.320 e. The number of carboxylic acids is 1. The summed E-state index contributed by atoms with van der Waals surface area (Å²) in [6, 6.07) is 6.48. The van der Waals surface area contributed by atoms with Crippen molar-refractivity contribution < 1.29 is 9.90 Å². The zero-order valence-corrected chi connectivity index (χ0v) is 11.5. The Balaban J connectivity index is 2.30. The number of benzene rings is 1. The van der Waals surface area contributed by atoms with Gasteiger partial charge in [0.1, 0.15) is 11.9 Å². The first-order valence-corrected chi connectivity index (χ1v) is 6.44. The molecule has 2 aromatic rings. The van der Waals surface area contributed by atoms with Crippen molar-refractivity contribution in [2.45, 2.75) is 25.9 Å². The summed E-state index contributed by atoms with van der Waals surface area (Å²) >= 11 is 0. The van der Waals surface area contributed by atoms with E-state index in [1.807, 2.05) is 13.0 Å². The maximum absolute atomic E-state index is 11.9. The lowest BCUT2D eigenvalue weighted by atomic mass is 10.2. The highest BCUT2D eigenvalue weighted by Crippen LogP contribution is 2.09. The molecule has 1 aromatic heterocycles. The number of carbonyl (C=O) groups is 1. The Hall–Kier alpha value is -2.21. The van der Waals surface area contributed by atoms with Crippen LogP contribution in [0.4, 0.5) is 0 Å². The molecule has 1 unspecified atom stereocenters. The maximum atomic E-state index is 11.9. The van der Waals surface area contributed by atoms with Gasteiger partial charge in [-0.25, -0.2) is 4.98 Å². The van der Waals surface area contributed by atoms with E-state index >= 15 is 0 Å². The van der Waals surface area contributed by atoms with E-state index in [2.05, 4.69) is 9.97 Å². The summed E-state index contributed by atoms with van der Waals surface area (Å²) in [4.78, 5) is 31.8. The van der Waals surface area contributed by atoms with Gasteiger partial charge in [-0.2, -0.15) is 0 Å². The number of carboxylic acid groups (broad SMARTS) is 1. The molecule has 1 aromatic carbocycles. The number of likely N-dealkylation sites (N-methyl/N-ethyl adjacent to an activating group) is 1. The minimum Gasteiger partial charge on any atom is -0.480 e. The average molecular weight is 275 g/mol. The van der Waals surface area contributed by atoms with Gasteiger partial charge in [0.2, 0.25) is 0 Å². The van der Waals surface area contributed by atoms with Gasteiger partial charge in [0.05, 0.1) is 17.4 Å². The molecule has 6 heteroatoms. The molecular formula is C14H17N3O3. The summed E-state index contributed by atoms with van der Waals surface area (Å²) in [6.07, 6.45) is 0.490. The van der Waals surface area contributed by atoms with E-state index in [0.717, 1.165) is 0 Å². The number of rotatable bonds is 5. The SMILES string of the molecule is CCC(C(=O)O)N(C)Cc1nc2ccccc2c(=O)[nH]1. The molecule has 0 spiro atoms. The Kier molecular flexibility index (Phi) is 4.14. The van der Waals surface area contributed by atoms with Gasteiger partial charge in [-0.05, 0) is 25.6 Å². The highest BCUT2D eigenvalue weighted by Gasteiger charge is 2.21. The van der Waals surface area contributed by atoms with Gasteiger partial charge in [-0.15, -0.1) is 0 Å². The minimum absolute atomic E-state index is 0.206. The highest BCUT2D eigenvalue weighted by molar-refractivity contribution is 5.77. The number of nitrogens with one attached hydrogen (secondary N) is 1. The molecule has 0 aliphatic rings. The molecule has 6 nitrogen and oxygen atoms in total. The molecule has 0 radical (unpaired) electrons. The first kappa shape index (κ1) is 14.2. The Morgan fingerprint density at radius 3 is 2.80 bits per heavy atom. The Labute approximate surface area is 116 Å². The Bertz CT molecular complexity index is 681. The molecule has 0 bridgehead atoms. The third kappa shape index (κ3) is 2.85. The third-order valence-corrected chi connectivity index (χ3v) is 3.26. The molecule has 0 aliphatic carbocycles. The number of aromatic amines is 1. The first-order chi connectivity index (χ1) is 9.52. The molecule has 106 valence electrons. The second-order valence-corrected chi connectivity index (χ2v) is 4.71. The fourth-order valence-electron chi connectivity index (χ4n) is 2.23. The van der Waals surface area contributed by atoms with Crippen molar-refractivity contribution in [2.24, 2.45) is 0 Å². The summed E-state index contributed by atoms with van der Waals surface area (Å²) in [5.41, 5.74) is 0.408. The molecule has 0 aliphatic heterocycles. The van der Waals surface area contributed by atoms with Crippen molar-refractivity contribution >= 4 is 16.9 Å². The van der Waals surface area contributed by atoms with Crippen LogP contribution in [0.1, 0.15) is 19.2 Å². The van der Waals surface area contributed by atoms with Crippen LogP contribution in [0.5, 0.6) is 0 Å². The van der Waals surface area contributed by atoms with Crippen molar-refractivity contribution in [3.05, 3.63) is 40.4 Å². The molecule has 2 rings (SSSR count). The number of hydrogen-bond acceptors (Lipinski definition) is 4. The van der Waals surface area contributed by atoms with Gasteiger partial charge in [0.25, 0.3) is 5.56 Å². The molecule has 0 saturated carbocycles. The van der Waals surface area contributed by atoms with E-state index in [4.69, 9.17) is 5.11 Å². The van der Waals surface area contributed by atoms with Crippen molar-refractivity contribution in [1.82, 2.24) is 14.9 Å².